The third kappa shape index (κ3) is 3.60. The molecule has 116 valence electrons. The van der Waals surface area contributed by atoms with E-state index < -0.39 is 0 Å². The summed E-state index contributed by atoms with van der Waals surface area (Å²) in [6.45, 7) is 1.93. The van der Waals surface area contributed by atoms with Crippen LogP contribution in [0.4, 0.5) is 5.82 Å². The molecule has 2 aromatic heterocycles. The number of aromatic nitrogens is 3. The largest absolute Gasteiger partial charge is 0.319 e. The van der Waals surface area contributed by atoms with Gasteiger partial charge in [0.25, 0.3) is 5.56 Å². The van der Waals surface area contributed by atoms with Crippen molar-refractivity contribution in [3.05, 3.63) is 64.2 Å². The summed E-state index contributed by atoms with van der Waals surface area (Å²) in [5.74, 6) is 0.313. The number of benzene rings is 1. The molecule has 0 aliphatic carbocycles. The molecule has 23 heavy (non-hydrogen) atoms. The zero-order valence-corrected chi connectivity index (χ0v) is 12.7. The fourth-order valence-electron chi connectivity index (χ4n) is 2.28. The second-order valence-corrected chi connectivity index (χ2v) is 5.30. The molecule has 0 fully saturated rings. The second-order valence-electron chi connectivity index (χ2n) is 5.30. The highest BCUT2D eigenvalue weighted by molar-refractivity contribution is 5.89. The van der Waals surface area contributed by atoms with Crippen LogP contribution in [0.2, 0.25) is 0 Å². The van der Waals surface area contributed by atoms with Gasteiger partial charge in [0.05, 0.1) is 11.0 Å². The van der Waals surface area contributed by atoms with Crippen LogP contribution >= 0.6 is 0 Å². The number of nitrogens with one attached hydrogen (secondary N) is 2. The van der Waals surface area contributed by atoms with Gasteiger partial charge >= 0.3 is 0 Å². The number of aryl methyl sites for hydroxylation is 2. The molecule has 1 amide bonds. The van der Waals surface area contributed by atoms with Crippen LogP contribution in [0.15, 0.2) is 47.4 Å². The fourth-order valence-corrected chi connectivity index (χ4v) is 2.28. The average Bonchev–Trinajstić information content (AvgIpc) is 2.53. The third-order valence-electron chi connectivity index (χ3n) is 3.44. The van der Waals surface area contributed by atoms with Crippen molar-refractivity contribution in [3.63, 3.8) is 0 Å². The molecule has 0 unspecified atom stereocenters. The average molecular weight is 308 g/mol. The van der Waals surface area contributed by atoms with Gasteiger partial charge in [-0.3, -0.25) is 9.59 Å². The Kier molecular flexibility index (Phi) is 4.14. The van der Waals surface area contributed by atoms with E-state index in [1.807, 2.05) is 31.2 Å². The van der Waals surface area contributed by atoms with Gasteiger partial charge < -0.3 is 10.3 Å². The highest BCUT2D eigenvalue weighted by Crippen LogP contribution is 2.08. The van der Waals surface area contributed by atoms with E-state index in [-0.39, 0.29) is 24.3 Å². The SMILES string of the molecule is Cc1ccnc(NC(=O)CCc2nc3ccccc3[nH]c2=O)c1. The van der Waals surface area contributed by atoms with E-state index in [9.17, 15) is 9.59 Å². The molecular weight excluding hydrogens is 292 g/mol. The summed E-state index contributed by atoms with van der Waals surface area (Å²) in [6.07, 6.45) is 2.09. The molecule has 0 aliphatic rings. The Morgan fingerprint density at radius 2 is 2.09 bits per heavy atom. The minimum Gasteiger partial charge on any atom is -0.319 e. The van der Waals surface area contributed by atoms with Crippen molar-refractivity contribution in [2.45, 2.75) is 19.8 Å². The van der Waals surface area contributed by atoms with E-state index in [4.69, 9.17) is 0 Å². The zero-order valence-electron chi connectivity index (χ0n) is 12.7. The van der Waals surface area contributed by atoms with Gasteiger partial charge in [0.15, 0.2) is 0 Å². The number of carbonyl (C=O) groups excluding carboxylic acids is 1. The van der Waals surface area contributed by atoms with Gasteiger partial charge in [0.2, 0.25) is 5.91 Å². The Hall–Kier alpha value is -3.02. The van der Waals surface area contributed by atoms with Crippen LogP contribution in [0.1, 0.15) is 17.7 Å². The maximum atomic E-state index is 12.0. The molecule has 2 N–H and O–H groups in total. The number of pyridine rings is 1. The molecule has 6 nitrogen and oxygen atoms in total. The summed E-state index contributed by atoms with van der Waals surface area (Å²) >= 11 is 0. The Balaban J connectivity index is 1.69. The summed E-state index contributed by atoms with van der Waals surface area (Å²) in [7, 11) is 0. The Morgan fingerprint density at radius 1 is 1.26 bits per heavy atom. The van der Waals surface area contributed by atoms with Crippen molar-refractivity contribution in [2.75, 3.05) is 5.32 Å². The molecule has 0 spiro atoms. The first kappa shape index (κ1) is 14.9. The van der Waals surface area contributed by atoms with Crippen molar-refractivity contribution in [1.29, 1.82) is 0 Å². The van der Waals surface area contributed by atoms with Gasteiger partial charge in [-0.15, -0.1) is 0 Å². The van der Waals surface area contributed by atoms with Crippen LogP contribution in [0.5, 0.6) is 0 Å². The highest BCUT2D eigenvalue weighted by atomic mass is 16.1. The minimum atomic E-state index is -0.259. The summed E-state index contributed by atoms with van der Waals surface area (Å²) in [4.78, 5) is 35.2. The van der Waals surface area contributed by atoms with Gasteiger partial charge in [-0.25, -0.2) is 9.97 Å². The van der Waals surface area contributed by atoms with Crippen LogP contribution in [0.3, 0.4) is 0 Å². The van der Waals surface area contributed by atoms with Crippen molar-refractivity contribution in [3.8, 4) is 0 Å². The van der Waals surface area contributed by atoms with Crippen LogP contribution in [-0.4, -0.2) is 20.9 Å². The maximum absolute atomic E-state index is 12.0. The van der Waals surface area contributed by atoms with Crippen molar-refractivity contribution < 1.29 is 4.79 Å². The fraction of sp³-hybridized carbons (Fsp3) is 0.176. The highest BCUT2D eigenvalue weighted by Gasteiger charge is 2.09. The van der Waals surface area contributed by atoms with Crippen molar-refractivity contribution in [1.82, 2.24) is 15.0 Å². The first-order chi connectivity index (χ1) is 11.1. The first-order valence-electron chi connectivity index (χ1n) is 7.32. The predicted octanol–water partition coefficient (Wildman–Crippen LogP) is 2.20. The van der Waals surface area contributed by atoms with E-state index in [1.54, 1.807) is 18.3 Å². The van der Waals surface area contributed by atoms with E-state index in [0.717, 1.165) is 5.56 Å². The van der Waals surface area contributed by atoms with Crippen molar-refractivity contribution >= 4 is 22.8 Å². The quantitative estimate of drug-likeness (QED) is 0.773. The third-order valence-corrected chi connectivity index (χ3v) is 3.44. The molecule has 3 rings (SSSR count). The Labute approximate surface area is 132 Å². The first-order valence-corrected chi connectivity index (χ1v) is 7.32. The van der Waals surface area contributed by atoms with Crippen LogP contribution < -0.4 is 10.9 Å². The smallest absolute Gasteiger partial charge is 0.270 e. The lowest BCUT2D eigenvalue weighted by Crippen LogP contribution is -2.19. The number of rotatable bonds is 4. The van der Waals surface area contributed by atoms with Gasteiger partial charge in [0.1, 0.15) is 11.5 Å². The summed E-state index contributed by atoms with van der Waals surface area (Å²) < 4.78 is 0. The molecule has 0 aliphatic heterocycles. The lowest BCUT2D eigenvalue weighted by molar-refractivity contribution is -0.116. The number of anilines is 1. The van der Waals surface area contributed by atoms with Crippen molar-refractivity contribution in [2.24, 2.45) is 0 Å². The minimum absolute atomic E-state index is 0.171. The monoisotopic (exact) mass is 308 g/mol. The maximum Gasteiger partial charge on any atom is 0.270 e. The van der Waals surface area contributed by atoms with E-state index in [1.165, 1.54) is 0 Å². The van der Waals surface area contributed by atoms with Gasteiger partial charge in [-0.05, 0) is 36.8 Å². The number of hydrogen-bond acceptors (Lipinski definition) is 4. The lowest BCUT2D eigenvalue weighted by Gasteiger charge is -2.05. The molecule has 0 atom stereocenters. The molecule has 6 heteroatoms. The summed E-state index contributed by atoms with van der Waals surface area (Å²) in [6, 6.07) is 11.0. The number of para-hydroxylation sites is 2. The number of fused-ring (bicyclic) bond motifs is 1. The molecule has 0 radical (unpaired) electrons. The van der Waals surface area contributed by atoms with E-state index in [0.29, 0.717) is 22.5 Å². The number of H-pyrrole nitrogens is 1. The van der Waals surface area contributed by atoms with Crippen LogP contribution in [-0.2, 0) is 11.2 Å². The molecule has 0 bridgehead atoms. The number of nitrogens with zero attached hydrogens (tertiary/aromatic N) is 2. The second kappa shape index (κ2) is 6.39. The predicted molar refractivity (Wildman–Crippen MR) is 88.3 cm³/mol. The number of amides is 1. The van der Waals surface area contributed by atoms with Gasteiger partial charge in [-0.2, -0.15) is 0 Å². The molecule has 0 saturated carbocycles. The molecule has 1 aromatic carbocycles. The molecular formula is C17H16N4O2. The Morgan fingerprint density at radius 3 is 2.91 bits per heavy atom. The summed E-state index contributed by atoms with van der Waals surface area (Å²) in [5.41, 5.74) is 2.52. The topological polar surface area (TPSA) is 87.7 Å². The molecule has 0 saturated heterocycles. The number of carbonyl (C=O) groups is 1. The summed E-state index contributed by atoms with van der Waals surface area (Å²) in [5, 5.41) is 2.72. The van der Waals surface area contributed by atoms with Gasteiger partial charge in [-0.1, -0.05) is 12.1 Å². The van der Waals surface area contributed by atoms with E-state index in [2.05, 4.69) is 20.3 Å². The zero-order chi connectivity index (χ0) is 16.2. The van der Waals surface area contributed by atoms with E-state index >= 15 is 0 Å². The van der Waals surface area contributed by atoms with Gasteiger partial charge in [0, 0.05) is 19.0 Å². The lowest BCUT2D eigenvalue weighted by atomic mass is 10.2. The van der Waals surface area contributed by atoms with Crippen LogP contribution in [0.25, 0.3) is 11.0 Å². The molecule has 3 aromatic rings. The standard InChI is InChI=1S/C17H16N4O2/c1-11-8-9-18-15(10-11)21-16(22)7-6-14-17(23)20-13-5-3-2-4-12(13)19-14/h2-5,8-10H,6-7H2,1H3,(H,20,23)(H,18,21,22). The molecule has 2 heterocycles. The number of hydrogen-bond donors (Lipinski definition) is 2. The number of aromatic amines is 1. The normalized spacial score (nSPS) is 10.7. The van der Waals surface area contributed by atoms with Crippen LogP contribution in [0, 0.1) is 6.92 Å². The Bertz CT molecular complexity index is 918.